The molecule has 0 radical (unpaired) electrons. The minimum absolute atomic E-state index is 0.172. The van der Waals surface area contributed by atoms with E-state index in [0.717, 1.165) is 6.42 Å². The van der Waals surface area contributed by atoms with E-state index in [0.29, 0.717) is 5.57 Å². The van der Waals surface area contributed by atoms with Crippen LogP contribution in [0.5, 0.6) is 0 Å². The predicted octanol–water partition coefficient (Wildman–Crippen LogP) is 2.52. The van der Waals surface area contributed by atoms with Crippen LogP contribution in [-0.4, -0.2) is 20.0 Å². The SMILES string of the molecule is C=C(C)C(N)=O.CCC(N)c1ccc(N(C)C)cc1C. The number of rotatable bonds is 4. The highest BCUT2D eigenvalue weighted by Gasteiger charge is 2.07. The average Bonchev–Trinajstić information content (AvgIpc) is 2.38. The Labute approximate surface area is 122 Å². The highest BCUT2D eigenvalue weighted by Crippen LogP contribution is 2.22. The second kappa shape index (κ2) is 8.38. The fourth-order valence-corrected chi connectivity index (χ4v) is 1.57. The molecule has 4 nitrogen and oxygen atoms in total. The summed E-state index contributed by atoms with van der Waals surface area (Å²) < 4.78 is 0. The largest absolute Gasteiger partial charge is 0.378 e. The van der Waals surface area contributed by atoms with E-state index in [1.807, 2.05) is 14.1 Å². The van der Waals surface area contributed by atoms with Crippen LogP contribution in [0.15, 0.2) is 30.4 Å². The van der Waals surface area contributed by atoms with Gasteiger partial charge in [-0.1, -0.05) is 19.6 Å². The van der Waals surface area contributed by atoms with Crippen molar-refractivity contribution in [1.29, 1.82) is 0 Å². The van der Waals surface area contributed by atoms with Crippen LogP contribution in [0.2, 0.25) is 0 Å². The number of benzene rings is 1. The normalized spacial score (nSPS) is 11.1. The molecule has 1 aromatic carbocycles. The van der Waals surface area contributed by atoms with Gasteiger partial charge in [-0.15, -0.1) is 0 Å². The van der Waals surface area contributed by atoms with Gasteiger partial charge in [0, 0.05) is 31.4 Å². The Morgan fingerprint density at radius 1 is 1.40 bits per heavy atom. The van der Waals surface area contributed by atoms with E-state index in [2.05, 4.69) is 43.5 Å². The first kappa shape index (κ1) is 18.2. The summed E-state index contributed by atoms with van der Waals surface area (Å²) in [4.78, 5) is 11.9. The number of nitrogens with two attached hydrogens (primary N) is 2. The number of hydrogen-bond donors (Lipinski definition) is 2. The lowest BCUT2D eigenvalue weighted by Crippen LogP contribution is -2.12. The number of amides is 1. The number of hydrogen-bond acceptors (Lipinski definition) is 3. The molecule has 0 saturated carbocycles. The van der Waals surface area contributed by atoms with Crippen molar-refractivity contribution in [3.05, 3.63) is 41.5 Å². The Hall–Kier alpha value is -1.81. The molecular formula is C16H27N3O. The van der Waals surface area contributed by atoms with Crippen LogP contribution in [0.25, 0.3) is 0 Å². The fourth-order valence-electron chi connectivity index (χ4n) is 1.57. The third-order valence-electron chi connectivity index (χ3n) is 3.03. The maximum Gasteiger partial charge on any atom is 0.243 e. The smallest absolute Gasteiger partial charge is 0.243 e. The molecule has 4 heteroatoms. The van der Waals surface area contributed by atoms with Crippen molar-refractivity contribution in [3.8, 4) is 0 Å². The molecule has 112 valence electrons. The zero-order chi connectivity index (χ0) is 15.9. The van der Waals surface area contributed by atoms with Gasteiger partial charge in [0.15, 0.2) is 0 Å². The van der Waals surface area contributed by atoms with Crippen molar-refractivity contribution < 1.29 is 4.79 Å². The van der Waals surface area contributed by atoms with Gasteiger partial charge in [0.05, 0.1) is 0 Å². The molecule has 0 aliphatic heterocycles. The molecule has 1 unspecified atom stereocenters. The standard InChI is InChI=1S/C12H20N2.C4H7NO/c1-5-12(13)11-7-6-10(14(3)4)8-9(11)2;1-3(2)4(5)6/h6-8,12H,5,13H2,1-4H3;1H2,2H3,(H2,5,6). The zero-order valence-corrected chi connectivity index (χ0v) is 13.2. The molecule has 4 N–H and O–H groups in total. The Morgan fingerprint density at radius 2 is 1.90 bits per heavy atom. The van der Waals surface area contributed by atoms with Gasteiger partial charge in [-0.3, -0.25) is 4.79 Å². The van der Waals surface area contributed by atoms with Gasteiger partial charge in [0.1, 0.15) is 0 Å². The molecule has 0 spiro atoms. The third kappa shape index (κ3) is 5.89. The molecule has 1 aromatic rings. The van der Waals surface area contributed by atoms with Gasteiger partial charge >= 0.3 is 0 Å². The van der Waals surface area contributed by atoms with Gasteiger partial charge in [0.25, 0.3) is 0 Å². The zero-order valence-electron chi connectivity index (χ0n) is 13.2. The minimum Gasteiger partial charge on any atom is -0.378 e. The summed E-state index contributed by atoms with van der Waals surface area (Å²) in [5.74, 6) is -0.435. The fraction of sp³-hybridized carbons (Fsp3) is 0.438. The molecule has 1 atom stereocenters. The number of nitrogens with zero attached hydrogens (tertiary/aromatic N) is 1. The summed E-state index contributed by atoms with van der Waals surface area (Å²) in [6, 6.07) is 6.62. The summed E-state index contributed by atoms with van der Waals surface area (Å²) >= 11 is 0. The van der Waals surface area contributed by atoms with E-state index in [-0.39, 0.29) is 6.04 Å². The van der Waals surface area contributed by atoms with Crippen LogP contribution in [0.4, 0.5) is 5.69 Å². The van der Waals surface area contributed by atoms with E-state index in [1.165, 1.54) is 16.8 Å². The number of carbonyl (C=O) groups excluding carboxylic acids is 1. The van der Waals surface area contributed by atoms with E-state index >= 15 is 0 Å². The van der Waals surface area contributed by atoms with Gasteiger partial charge in [-0.2, -0.15) is 0 Å². The topological polar surface area (TPSA) is 72.3 Å². The summed E-state index contributed by atoms with van der Waals surface area (Å²) in [5.41, 5.74) is 14.9. The van der Waals surface area contributed by atoms with Crippen LogP contribution >= 0.6 is 0 Å². The second-order valence-corrected chi connectivity index (χ2v) is 5.09. The van der Waals surface area contributed by atoms with Crippen LogP contribution in [0.1, 0.15) is 37.4 Å². The van der Waals surface area contributed by atoms with E-state index < -0.39 is 5.91 Å². The van der Waals surface area contributed by atoms with E-state index in [4.69, 9.17) is 11.5 Å². The molecule has 0 saturated heterocycles. The molecule has 1 amide bonds. The number of carbonyl (C=O) groups is 1. The van der Waals surface area contributed by atoms with Crippen LogP contribution in [0.3, 0.4) is 0 Å². The van der Waals surface area contributed by atoms with Gasteiger partial charge in [-0.05, 0) is 43.5 Å². The van der Waals surface area contributed by atoms with Gasteiger partial charge < -0.3 is 16.4 Å². The first-order valence-electron chi connectivity index (χ1n) is 6.69. The summed E-state index contributed by atoms with van der Waals surface area (Å²) in [6.45, 7) is 9.09. The van der Waals surface area contributed by atoms with Crippen LogP contribution < -0.4 is 16.4 Å². The quantitative estimate of drug-likeness (QED) is 0.831. The Morgan fingerprint density at radius 3 is 2.20 bits per heavy atom. The lowest BCUT2D eigenvalue weighted by molar-refractivity contribution is -0.114. The van der Waals surface area contributed by atoms with Crippen molar-refractivity contribution in [2.24, 2.45) is 11.5 Å². The lowest BCUT2D eigenvalue weighted by Gasteiger charge is -2.17. The molecule has 1 rings (SSSR count). The minimum atomic E-state index is -0.435. The monoisotopic (exact) mass is 277 g/mol. The molecule has 0 fully saturated rings. The Bertz CT molecular complexity index is 455. The van der Waals surface area contributed by atoms with Crippen LogP contribution in [-0.2, 0) is 4.79 Å². The Kier molecular flexibility index (Phi) is 7.62. The number of aryl methyl sites for hydroxylation is 1. The third-order valence-corrected chi connectivity index (χ3v) is 3.03. The maximum atomic E-state index is 9.82. The summed E-state index contributed by atoms with van der Waals surface area (Å²) in [7, 11) is 4.10. The first-order valence-corrected chi connectivity index (χ1v) is 6.69. The van der Waals surface area contributed by atoms with E-state index in [9.17, 15) is 4.79 Å². The number of primary amides is 1. The first-order chi connectivity index (χ1) is 9.20. The van der Waals surface area contributed by atoms with Gasteiger partial charge in [-0.25, -0.2) is 0 Å². The molecule has 0 bridgehead atoms. The maximum absolute atomic E-state index is 9.82. The van der Waals surface area contributed by atoms with Crippen LogP contribution in [0, 0.1) is 6.92 Å². The summed E-state index contributed by atoms with van der Waals surface area (Å²) in [6.07, 6.45) is 0.988. The van der Waals surface area contributed by atoms with E-state index in [1.54, 1.807) is 6.92 Å². The average molecular weight is 277 g/mol. The summed E-state index contributed by atoms with van der Waals surface area (Å²) in [5, 5.41) is 0. The Balaban J connectivity index is 0.000000511. The molecule has 0 aliphatic rings. The molecule has 20 heavy (non-hydrogen) atoms. The highest BCUT2D eigenvalue weighted by atomic mass is 16.1. The highest BCUT2D eigenvalue weighted by molar-refractivity contribution is 5.90. The van der Waals surface area contributed by atoms with Crippen molar-refractivity contribution in [3.63, 3.8) is 0 Å². The predicted molar refractivity (Wildman–Crippen MR) is 86.7 cm³/mol. The number of anilines is 1. The molecule has 0 aliphatic carbocycles. The van der Waals surface area contributed by atoms with Crippen molar-refractivity contribution in [2.45, 2.75) is 33.2 Å². The molecule has 0 heterocycles. The van der Waals surface area contributed by atoms with Gasteiger partial charge in [0.2, 0.25) is 5.91 Å². The second-order valence-electron chi connectivity index (χ2n) is 5.09. The van der Waals surface area contributed by atoms with Crippen molar-refractivity contribution in [1.82, 2.24) is 0 Å². The van der Waals surface area contributed by atoms with Crippen molar-refractivity contribution >= 4 is 11.6 Å². The molecule has 0 aromatic heterocycles. The van der Waals surface area contributed by atoms with Crippen molar-refractivity contribution in [2.75, 3.05) is 19.0 Å². The molecular weight excluding hydrogens is 250 g/mol. The lowest BCUT2D eigenvalue weighted by atomic mass is 9.99.